The number of aryl methyl sites for hydroxylation is 12. The monoisotopic (exact) mass is 2300 g/mol. The van der Waals surface area contributed by atoms with E-state index in [4.69, 9.17) is 29.1 Å². The van der Waals surface area contributed by atoms with Gasteiger partial charge in [-0.1, -0.05) is 149 Å². The zero-order valence-corrected chi connectivity index (χ0v) is 82.9. The number of phenolic OH excluding ortho intramolecular Hbond substituents is 8. The van der Waals surface area contributed by atoms with E-state index in [1.54, 1.807) is 60.7 Å². The maximum absolute atomic E-state index is 13.5. The van der Waals surface area contributed by atoms with Gasteiger partial charge in [-0.2, -0.15) is 0 Å². The fourth-order valence-electron chi connectivity index (χ4n) is 15.8. The minimum absolute atomic E-state index is 0.0303. The minimum atomic E-state index is -0.324. The lowest BCUT2D eigenvalue weighted by Gasteiger charge is -2.08. The zero-order valence-electron chi connectivity index (χ0n) is 71.1. The number of rotatable bonds is 29. The molecule has 0 saturated carbocycles. The molecule has 0 aliphatic heterocycles. The Bertz CT molecular complexity index is 6250. The summed E-state index contributed by atoms with van der Waals surface area (Å²) in [4.78, 5) is 53.6. The Labute approximate surface area is 818 Å². The molecule has 129 heavy (non-hydrogen) atoms. The predicted octanol–water partition coefficient (Wildman–Crippen LogP) is 26.7. The summed E-state index contributed by atoms with van der Waals surface area (Å²) in [6.07, 6.45) is 13.2. The molecule has 4 heterocycles. The lowest BCUT2D eigenvalue weighted by molar-refractivity contribution is 0.103. The van der Waals surface area contributed by atoms with Crippen LogP contribution in [0.3, 0.4) is 0 Å². The van der Waals surface area contributed by atoms with E-state index in [9.17, 15) is 60.0 Å². The molecule has 0 spiro atoms. The van der Waals surface area contributed by atoms with Crippen molar-refractivity contribution in [3.05, 3.63) is 354 Å². The van der Waals surface area contributed by atoms with E-state index in [2.05, 4.69) is 80.4 Å². The van der Waals surface area contributed by atoms with E-state index in [0.29, 0.717) is 168 Å². The van der Waals surface area contributed by atoms with Crippen LogP contribution < -0.4 is 11.5 Å². The van der Waals surface area contributed by atoms with Gasteiger partial charge in [-0.05, 0) is 347 Å². The number of furan rings is 4. The number of nitrogen functional groups attached to an aromatic ring is 2. The van der Waals surface area contributed by atoms with Gasteiger partial charge in [-0.15, -0.1) is 0 Å². The summed E-state index contributed by atoms with van der Waals surface area (Å²) in [6, 6.07) is 67.6. The second-order valence-corrected chi connectivity index (χ2v) is 37.7. The third-order valence-electron chi connectivity index (χ3n) is 22.5. The summed E-state index contributed by atoms with van der Waals surface area (Å²) >= 11 is 14.7. The molecule has 0 aliphatic rings. The number of aromatic hydroxyl groups is 8. The number of phenols is 8. The molecule has 24 heteroatoms. The Balaban J connectivity index is 0.000000147. The molecular weight excluding hydrogens is 2210 g/mol. The highest BCUT2D eigenvalue weighted by Crippen LogP contribution is 2.43. The molecule has 0 radical (unpaired) electrons. The van der Waals surface area contributed by atoms with Gasteiger partial charge >= 0.3 is 0 Å². The first-order chi connectivity index (χ1) is 62.0. The van der Waals surface area contributed by atoms with E-state index in [-0.39, 0.29) is 86.1 Å². The van der Waals surface area contributed by atoms with Gasteiger partial charge in [-0.3, -0.25) is 19.2 Å². The minimum Gasteiger partial charge on any atom is -0.508 e. The van der Waals surface area contributed by atoms with Crippen molar-refractivity contribution in [2.24, 2.45) is 0 Å². The number of hydrogen-bond acceptors (Lipinski definition) is 18. The number of anilines is 2. The lowest BCUT2D eigenvalue weighted by Crippen LogP contribution is -2.06. The van der Waals surface area contributed by atoms with Crippen molar-refractivity contribution in [1.82, 2.24) is 0 Å². The topological polar surface area (TPSA) is 335 Å². The number of ketones is 4. The SMILES string of the molecule is CCCc1oc2cc(CCCc3ccccc3)c(O)cc2c1C(=O)c1cc(I)c(O)c(I)c1.CCc1oc2cc(CCCc3ccccc3)c(O)cc2c1C(=O)c1cc(Br)c(O)c(Br)c1.CCc1oc2cc(CCCc3ccccc3)c(O)cc2c1C(=O)c1cc(I)c(O)c(I)c1.CCc1oc2cc(CCCc3ccccc3)c(O)cc2c1C(=O)c1cc(N)c(O)c(N)c1. The fourth-order valence-corrected chi connectivity index (χ4v) is 20.6. The van der Waals surface area contributed by atoms with Crippen LogP contribution >= 0.6 is 122 Å². The summed E-state index contributed by atoms with van der Waals surface area (Å²) in [5.74, 6) is 2.25. The van der Waals surface area contributed by atoms with Crippen LogP contribution in [0.2, 0.25) is 0 Å². The van der Waals surface area contributed by atoms with Gasteiger partial charge < -0.3 is 70.0 Å². The quantitative estimate of drug-likeness (QED) is 0.00901. The third-order valence-corrected chi connectivity index (χ3v) is 27.0. The summed E-state index contributed by atoms with van der Waals surface area (Å²) < 4.78 is 27.5. The van der Waals surface area contributed by atoms with Crippen LogP contribution in [-0.2, 0) is 77.0 Å². The molecule has 0 bridgehead atoms. The fraction of sp³-hybridized carbons (Fsp3) is 0.200. The number of halogens is 6. The van der Waals surface area contributed by atoms with Gasteiger partial charge in [0.25, 0.3) is 0 Å². The van der Waals surface area contributed by atoms with Crippen molar-refractivity contribution in [2.45, 2.75) is 137 Å². The highest BCUT2D eigenvalue weighted by molar-refractivity contribution is 14.1. The highest BCUT2D eigenvalue weighted by atomic mass is 127. The molecule has 0 fully saturated rings. The summed E-state index contributed by atoms with van der Waals surface area (Å²) in [5.41, 5.74) is 25.7. The van der Waals surface area contributed by atoms with Crippen LogP contribution in [0.15, 0.2) is 245 Å². The number of carbonyl (C=O) groups excluding carboxylic acids is 4. The number of carbonyl (C=O) groups is 4. The first kappa shape index (κ1) is 95.9. The molecule has 0 unspecified atom stereocenters. The third kappa shape index (κ3) is 22.7. The summed E-state index contributed by atoms with van der Waals surface area (Å²) in [6.45, 7) is 7.81. The van der Waals surface area contributed by atoms with E-state index < -0.39 is 0 Å². The van der Waals surface area contributed by atoms with Crippen LogP contribution in [0, 0.1) is 14.3 Å². The molecule has 0 amide bonds. The Morgan fingerprint density at radius 2 is 0.535 bits per heavy atom. The van der Waals surface area contributed by atoms with Crippen LogP contribution in [0.5, 0.6) is 46.0 Å². The van der Waals surface area contributed by atoms with E-state index >= 15 is 0 Å². The van der Waals surface area contributed by atoms with Crippen molar-refractivity contribution in [3.63, 3.8) is 0 Å². The standard InChI is InChI=1S/C27H24I2O4.C26H22Br2O4.C26H22I2O4.C26H26N2O4/c1-2-7-23-25(26(31)18-12-20(28)27(32)21(29)13-18)19-15-22(30)17(14-24(19)33-23)11-6-10-16-8-4-3-5-9-16;3*1-2-22-24(25(30)17-11-19(27)26(31)20(28)12-17)18-14-21(29)16(13-23(18)32-22)10-6-9-15-7-4-3-5-8-15/h3-5,8-9,12-15,30,32H,2,6-7,10-11H2,1H3;2*3-5,7-8,11-14,29,31H,2,6,9-10H2,1H3;3-5,7-8,11-14,29,31H,2,6,9-10,27-28H2,1H3. The Hall–Kier alpha value is -10.6. The Morgan fingerprint density at radius 1 is 0.295 bits per heavy atom. The van der Waals surface area contributed by atoms with Crippen molar-refractivity contribution in [1.29, 1.82) is 0 Å². The van der Waals surface area contributed by atoms with Crippen molar-refractivity contribution in [3.8, 4) is 46.0 Å². The number of benzene rings is 12. The van der Waals surface area contributed by atoms with Crippen LogP contribution in [0.1, 0.15) is 191 Å². The van der Waals surface area contributed by atoms with Crippen LogP contribution in [0.25, 0.3) is 43.9 Å². The molecular formula is C105H94Br2I4N2O16. The summed E-state index contributed by atoms with van der Waals surface area (Å²) in [5, 5.41) is 85.1. The second kappa shape index (κ2) is 43.9. The lowest BCUT2D eigenvalue weighted by atomic mass is 9.96. The Kier molecular flexibility index (Phi) is 32.6. The Morgan fingerprint density at radius 3 is 0.791 bits per heavy atom. The summed E-state index contributed by atoms with van der Waals surface area (Å²) in [7, 11) is 0. The van der Waals surface area contributed by atoms with E-state index in [1.807, 2.05) is 215 Å². The molecule has 18 nitrogen and oxygen atoms in total. The van der Waals surface area contributed by atoms with Crippen LogP contribution in [-0.4, -0.2) is 64.0 Å². The average molecular weight is 2310 g/mol. The molecule has 16 aromatic rings. The number of nitrogens with two attached hydrogens (primary N) is 2. The van der Waals surface area contributed by atoms with Crippen molar-refractivity contribution in [2.75, 3.05) is 11.5 Å². The molecule has 0 aliphatic carbocycles. The molecule has 0 saturated heterocycles. The molecule has 4 aromatic heterocycles. The average Bonchev–Trinajstić information content (AvgIpc) is 1.64. The molecule has 12 aromatic carbocycles. The van der Waals surface area contributed by atoms with Crippen LogP contribution in [0.4, 0.5) is 11.4 Å². The molecule has 16 rings (SSSR count). The smallest absolute Gasteiger partial charge is 0.197 e. The van der Waals surface area contributed by atoms with Gasteiger partial charge in [0, 0.05) is 69.5 Å². The first-order valence-corrected chi connectivity index (χ1v) is 48.3. The predicted molar refractivity (Wildman–Crippen MR) is 549 cm³/mol. The maximum Gasteiger partial charge on any atom is 0.197 e. The van der Waals surface area contributed by atoms with Gasteiger partial charge in [0.15, 0.2) is 28.9 Å². The zero-order chi connectivity index (χ0) is 92.0. The van der Waals surface area contributed by atoms with Gasteiger partial charge in [0.2, 0.25) is 0 Å². The maximum atomic E-state index is 13.5. The van der Waals surface area contributed by atoms with Gasteiger partial charge in [0.1, 0.15) is 85.6 Å². The number of fused-ring (bicyclic) bond motifs is 4. The van der Waals surface area contributed by atoms with Gasteiger partial charge in [-0.25, -0.2) is 0 Å². The van der Waals surface area contributed by atoms with Crippen molar-refractivity contribution < 1.29 is 77.7 Å². The largest absolute Gasteiger partial charge is 0.508 e. The number of hydrogen-bond donors (Lipinski definition) is 10. The first-order valence-electron chi connectivity index (χ1n) is 42.4. The van der Waals surface area contributed by atoms with E-state index in [0.717, 1.165) is 92.9 Å². The molecule has 662 valence electrons. The molecule has 0 atom stereocenters. The normalized spacial score (nSPS) is 11.2. The highest BCUT2D eigenvalue weighted by Gasteiger charge is 2.30. The van der Waals surface area contributed by atoms with Gasteiger partial charge in [0.05, 0.1) is 56.9 Å². The molecule has 12 N–H and O–H groups in total. The second-order valence-electron chi connectivity index (χ2n) is 31.4. The van der Waals surface area contributed by atoms with Crippen molar-refractivity contribution >= 4 is 201 Å². The van der Waals surface area contributed by atoms with E-state index in [1.165, 1.54) is 34.4 Å².